The summed E-state index contributed by atoms with van der Waals surface area (Å²) in [5.41, 5.74) is 2.67. The first-order valence-electron chi connectivity index (χ1n) is 9.77. The van der Waals surface area contributed by atoms with E-state index in [-0.39, 0.29) is 11.9 Å². The van der Waals surface area contributed by atoms with Crippen LogP contribution in [0.5, 0.6) is 0 Å². The Morgan fingerprint density at radius 1 is 1.04 bits per heavy atom. The molecular formula is C23H26FNO. The smallest absolute Gasteiger partial charge is 0.123 e. The Morgan fingerprint density at radius 2 is 1.92 bits per heavy atom. The van der Waals surface area contributed by atoms with Crippen LogP contribution in [0, 0.1) is 23.6 Å². The third kappa shape index (κ3) is 3.88. The Labute approximate surface area is 154 Å². The third-order valence-corrected chi connectivity index (χ3v) is 6.10. The van der Waals surface area contributed by atoms with Crippen molar-refractivity contribution in [1.29, 1.82) is 0 Å². The first-order chi connectivity index (χ1) is 12.7. The monoisotopic (exact) mass is 351 g/mol. The summed E-state index contributed by atoms with van der Waals surface area (Å²) in [6.45, 7) is 0. The predicted octanol–water partition coefficient (Wildman–Crippen LogP) is 5.48. The molecule has 0 spiro atoms. The highest BCUT2D eigenvalue weighted by Crippen LogP contribution is 2.44. The number of aliphatic hydroxyl groups excluding tert-OH is 1. The van der Waals surface area contributed by atoms with Crippen LogP contribution in [0.15, 0.2) is 48.7 Å². The van der Waals surface area contributed by atoms with E-state index in [1.54, 1.807) is 12.3 Å². The second kappa shape index (κ2) is 7.71. The van der Waals surface area contributed by atoms with Gasteiger partial charge in [-0.15, -0.1) is 0 Å². The lowest BCUT2D eigenvalue weighted by Gasteiger charge is -2.42. The Balaban J connectivity index is 1.48. The number of nitrogens with zero attached hydrogens (tertiary/aromatic N) is 1. The summed E-state index contributed by atoms with van der Waals surface area (Å²) in [5.74, 6) is 1.62. The van der Waals surface area contributed by atoms with E-state index in [2.05, 4.69) is 17.1 Å². The van der Waals surface area contributed by atoms with Gasteiger partial charge in [0.25, 0.3) is 0 Å². The summed E-state index contributed by atoms with van der Waals surface area (Å²) in [6.07, 6.45) is 13.0. The molecular weight excluding hydrogens is 325 g/mol. The second-order valence-electron chi connectivity index (χ2n) is 7.84. The van der Waals surface area contributed by atoms with E-state index in [0.717, 1.165) is 35.6 Å². The summed E-state index contributed by atoms with van der Waals surface area (Å²) in [4.78, 5) is 4.52. The minimum Gasteiger partial charge on any atom is -0.393 e. The fourth-order valence-corrected chi connectivity index (χ4v) is 4.81. The fourth-order valence-electron chi connectivity index (χ4n) is 4.81. The van der Waals surface area contributed by atoms with Crippen LogP contribution in [-0.4, -0.2) is 16.2 Å². The molecule has 2 aliphatic rings. The number of pyridine rings is 1. The van der Waals surface area contributed by atoms with E-state index >= 15 is 0 Å². The Kier molecular flexibility index (Phi) is 5.16. The lowest BCUT2D eigenvalue weighted by atomic mass is 9.64. The Hall–Kier alpha value is -2.00. The second-order valence-corrected chi connectivity index (χ2v) is 7.84. The van der Waals surface area contributed by atoms with E-state index in [0.29, 0.717) is 11.8 Å². The molecule has 4 rings (SSSR count). The highest BCUT2D eigenvalue weighted by Gasteiger charge is 2.37. The lowest BCUT2D eigenvalue weighted by Crippen LogP contribution is -2.36. The van der Waals surface area contributed by atoms with Crippen LogP contribution in [0.25, 0.3) is 17.2 Å². The van der Waals surface area contributed by atoms with Gasteiger partial charge in [0.05, 0.1) is 11.8 Å². The Bertz CT molecular complexity index is 770. The molecule has 2 nitrogen and oxygen atoms in total. The van der Waals surface area contributed by atoms with Crippen molar-refractivity contribution < 1.29 is 9.50 Å². The largest absolute Gasteiger partial charge is 0.393 e. The lowest BCUT2D eigenvalue weighted by molar-refractivity contribution is 0.0232. The average molecular weight is 351 g/mol. The van der Waals surface area contributed by atoms with Crippen LogP contribution >= 0.6 is 0 Å². The maximum Gasteiger partial charge on any atom is 0.123 e. The van der Waals surface area contributed by atoms with Gasteiger partial charge in [-0.3, -0.25) is 4.98 Å². The van der Waals surface area contributed by atoms with Gasteiger partial charge in [0.1, 0.15) is 5.82 Å². The van der Waals surface area contributed by atoms with Crippen molar-refractivity contribution >= 4 is 6.08 Å². The van der Waals surface area contributed by atoms with Crippen molar-refractivity contribution in [3.63, 3.8) is 0 Å². The van der Waals surface area contributed by atoms with Crippen molar-refractivity contribution in [2.24, 2.45) is 17.8 Å². The molecule has 26 heavy (non-hydrogen) atoms. The first kappa shape index (κ1) is 17.4. The highest BCUT2D eigenvalue weighted by atomic mass is 19.1. The number of hydrogen-bond donors (Lipinski definition) is 1. The quantitative estimate of drug-likeness (QED) is 0.794. The normalized spacial score (nSPS) is 28.8. The van der Waals surface area contributed by atoms with Gasteiger partial charge in [0, 0.05) is 11.8 Å². The van der Waals surface area contributed by atoms with Crippen LogP contribution in [0.4, 0.5) is 4.39 Å². The van der Waals surface area contributed by atoms with Gasteiger partial charge < -0.3 is 5.11 Å². The van der Waals surface area contributed by atoms with Gasteiger partial charge in [-0.05, 0) is 66.9 Å². The van der Waals surface area contributed by atoms with E-state index in [9.17, 15) is 9.50 Å². The summed E-state index contributed by atoms with van der Waals surface area (Å²) >= 11 is 0. The minimum absolute atomic E-state index is 0.160. The molecule has 0 aliphatic heterocycles. The molecule has 0 bridgehead atoms. The standard InChI is InChI=1S/C23H26FNO/c24-20-6-3-5-16(12-20)19-9-11-21(25-15-19)10-8-18-14-22(26)13-17-4-1-2-7-23(17)18/h3,5-6,8-12,15,17-18,22-23,26H,1-2,4,7,13-14H2/b10-8+/t17-,18+,22-,23+/m0/s1. The predicted molar refractivity (Wildman–Crippen MR) is 103 cm³/mol. The molecule has 1 heterocycles. The number of benzene rings is 1. The molecule has 1 aromatic heterocycles. The molecule has 136 valence electrons. The highest BCUT2D eigenvalue weighted by molar-refractivity contribution is 5.63. The molecule has 0 radical (unpaired) electrons. The molecule has 0 unspecified atom stereocenters. The summed E-state index contributed by atoms with van der Waals surface area (Å²) < 4.78 is 13.4. The zero-order valence-electron chi connectivity index (χ0n) is 15.0. The topological polar surface area (TPSA) is 33.1 Å². The van der Waals surface area contributed by atoms with Crippen LogP contribution in [0.2, 0.25) is 0 Å². The number of rotatable bonds is 3. The third-order valence-electron chi connectivity index (χ3n) is 6.10. The van der Waals surface area contributed by atoms with Crippen molar-refractivity contribution in [1.82, 2.24) is 4.98 Å². The number of halogens is 1. The molecule has 2 aliphatic carbocycles. The number of hydrogen-bond acceptors (Lipinski definition) is 2. The molecule has 2 saturated carbocycles. The average Bonchev–Trinajstić information content (AvgIpc) is 2.66. The van der Waals surface area contributed by atoms with E-state index in [1.807, 2.05) is 18.2 Å². The van der Waals surface area contributed by atoms with Gasteiger partial charge in [0.15, 0.2) is 0 Å². The minimum atomic E-state index is -0.232. The molecule has 4 atom stereocenters. The summed E-state index contributed by atoms with van der Waals surface area (Å²) in [5, 5.41) is 10.2. The summed E-state index contributed by atoms with van der Waals surface area (Å²) in [7, 11) is 0. The fraction of sp³-hybridized carbons (Fsp3) is 0.435. The molecule has 2 aromatic rings. The van der Waals surface area contributed by atoms with E-state index < -0.39 is 0 Å². The van der Waals surface area contributed by atoms with E-state index in [4.69, 9.17) is 0 Å². The van der Waals surface area contributed by atoms with Gasteiger partial charge >= 0.3 is 0 Å². The van der Waals surface area contributed by atoms with Gasteiger partial charge in [-0.2, -0.15) is 0 Å². The molecule has 1 N–H and O–H groups in total. The van der Waals surface area contributed by atoms with E-state index in [1.165, 1.54) is 37.8 Å². The van der Waals surface area contributed by atoms with Gasteiger partial charge in [-0.1, -0.05) is 43.5 Å². The van der Waals surface area contributed by atoms with Gasteiger partial charge in [0.2, 0.25) is 0 Å². The molecule has 2 fully saturated rings. The van der Waals surface area contributed by atoms with Crippen LogP contribution in [-0.2, 0) is 0 Å². The number of allylic oxidation sites excluding steroid dienone is 1. The zero-order valence-corrected chi connectivity index (χ0v) is 15.0. The molecule has 3 heteroatoms. The number of aliphatic hydroxyl groups is 1. The van der Waals surface area contributed by atoms with Crippen molar-refractivity contribution in [2.45, 2.75) is 44.6 Å². The number of aromatic nitrogens is 1. The van der Waals surface area contributed by atoms with Crippen LogP contribution in [0.3, 0.4) is 0 Å². The molecule has 0 amide bonds. The van der Waals surface area contributed by atoms with Crippen LogP contribution in [0.1, 0.15) is 44.2 Å². The van der Waals surface area contributed by atoms with Gasteiger partial charge in [-0.25, -0.2) is 4.39 Å². The zero-order chi connectivity index (χ0) is 17.9. The number of fused-ring (bicyclic) bond motifs is 1. The SMILES string of the molecule is O[C@H]1C[C@@H]2CCCC[C@H]2[C@H](/C=C/c2ccc(-c3cccc(F)c3)cn2)C1. The molecule has 0 saturated heterocycles. The maximum atomic E-state index is 13.4. The van der Waals surface area contributed by atoms with Crippen molar-refractivity contribution in [2.75, 3.05) is 0 Å². The Morgan fingerprint density at radius 3 is 2.73 bits per heavy atom. The first-order valence-corrected chi connectivity index (χ1v) is 9.77. The molecule has 1 aromatic carbocycles. The van der Waals surface area contributed by atoms with Crippen LogP contribution < -0.4 is 0 Å². The van der Waals surface area contributed by atoms with Crippen molar-refractivity contribution in [3.8, 4) is 11.1 Å². The maximum absolute atomic E-state index is 13.4. The van der Waals surface area contributed by atoms with Crippen molar-refractivity contribution in [3.05, 3.63) is 60.2 Å². The summed E-state index contributed by atoms with van der Waals surface area (Å²) in [6, 6.07) is 10.6.